The Labute approximate surface area is 105 Å². The fourth-order valence-corrected chi connectivity index (χ4v) is 1.54. The second kappa shape index (κ2) is 4.68. The van der Waals surface area contributed by atoms with E-state index in [0.29, 0.717) is 11.3 Å². The summed E-state index contributed by atoms with van der Waals surface area (Å²) < 4.78 is 10.3. The summed E-state index contributed by atoms with van der Waals surface area (Å²) in [5.74, 6) is 0. The second-order valence-electron chi connectivity index (χ2n) is 4.98. The zero-order chi connectivity index (χ0) is 13.2. The lowest BCUT2D eigenvalue weighted by molar-refractivity contribution is 0.0523. The molecule has 0 radical (unpaired) electrons. The van der Waals surface area contributed by atoms with Crippen molar-refractivity contribution < 1.29 is 14.1 Å². The highest BCUT2D eigenvalue weighted by molar-refractivity contribution is 5.79. The van der Waals surface area contributed by atoms with Crippen molar-refractivity contribution in [2.75, 3.05) is 0 Å². The van der Waals surface area contributed by atoms with Gasteiger partial charge >= 0.3 is 6.09 Å². The molecule has 96 valence electrons. The second-order valence-corrected chi connectivity index (χ2v) is 4.98. The highest BCUT2D eigenvalue weighted by Gasteiger charge is 2.16. The molecule has 1 N–H and O–H groups in total. The van der Waals surface area contributed by atoms with Crippen LogP contribution in [0.1, 0.15) is 26.5 Å². The van der Waals surface area contributed by atoms with E-state index >= 15 is 0 Å². The Morgan fingerprint density at radius 3 is 2.83 bits per heavy atom. The van der Waals surface area contributed by atoms with Gasteiger partial charge < -0.3 is 14.6 Å². The number of nitrogens with zero attached hydrogens (tertiary/aromatic N) is 1. The first-order valence-corrected chi connectivity index (χ1v) is 5.76. The summed E-state index contributed by atoms with van der Waals surface area (Å²) in [6.45, 7) is 5.74. The van der Waals surface area contributed by atoms with Crippen molar-refractivity contribution in [2.45, 2.75) is 32.9 Å². The minimum absolute atomic E-state index is 0.284. The van der Waals surface area contributed by atoms with Crippen LogP contribution in [0, 0.1) is 0 Å². The quantitative estimate of drug-likeness (QED) is 0.887. The molecule has 0 aliphatic rings. The van der Waals surface area contributed by atoms with Crippen LogP contribution < -0.4 is 5.32 Å². The summed E-state index contributed by atoms with van der Waals surface area (Å²) in [6.07, 6.45) is -0.463. The Morgan fingerprint density at radius 2 is 2.11 bits per heavy atom. The molecule has 2 aromatic rings. The summed E-state index contributed by atoms with van der Waals surface area (Å²) in [5.41, 5.74) is 0.894. The molecule has 5 nitrogen and oxygen atoms in total. The van der Waals surface area contributed by atoms with Gasteiger partial charge in [-0.1, -0.05) is 17.3 Å². The Bertz CT molecular complexity index is 555. The standard InChI is InChI=1S/C13H16N2O3/c1-13(2,3)17-12(16)14-8-10-9-6-4-5-7-11(9)18-15-10/h4-7H,8H2,1-3H3,(H,14,16). The molecule has 1 aromatic heterocycles. The lowest BCUT2D eigenvalue weighted by atomic mass is 10.2. The van der Waals surface area contributed by atoms with Crippen LogP contribution in [0.4, 0.5) is 4.79 Å². The van der Waals surface area contributed by atoms with Gasteiger partial charge in [-0.2, -0.15) is 0 Å². The number of rotatable bonds is 2. The van der Waals surface area contributed by atoms with Crippen LogP contribution >= 0.6 is 0 Å². The molecule has 1 aromatic carbocycles. The molecule has 1 amide bonds. The summed E-state index contributed by atoms with van der Waals surface area (Å²) in [5, 5.41) is 7.47. The predicted molar refractivity (Wildman–Crippen MR) is 67.1 cm³/mol. The van der Waals surface area contributed by atoms with E-state index in [2.05, 4.69) is 10.5 Å². The Kier molecular flexibility index (Phi) is 3.23. The van der Waals surface area contributed by atoms with Crippen LogP contribution in [0.25, 0.3) is 11.0 Å². The smallest absolute Gasteiger partial charge is 0.407 e. The number of benzene rings is 1. The normalized spacial score (nSPS) is 11.5. The molecule has 0 bridgehead atoms. The maximum absolute atomic E-state index is 11.5. The first-order valence-electron chi connectivity index (χ1n) is 5.76. The number of fused-ring (bicyclic) bond motifs is 1. The summed E-state index contributed by atoms with van der Waals surface area (Å²) in [7, 11) is 0. The average Bonchev–Trinajstić information content (AvgIpc) is 2.67. The average molecular weight is 248 g/mol. The summed E-state index contributed by atoms with van der Waals surface area (Å²) in [4.78, 5) is 11.5. The van der Waals surface area contributed by atoms with Gasteiger partial charge in [-0.05, 0) is 32.9 Å². The molecule has 0 atom stereocenters. The number of aromatic nitrogens is 1. The van der Waals surface area contributed by atoms with Crippen LogP contribution in [0.2, 0.25) is 0 Å². The largest absolute Gasteiger partial charge is 0.444 e. The Hall–Kier alpha value is -2.04. The van der Waals surface area contributed by atoms with E-state index in [1.165, 1.54) is 0 Å². The minimum Gasteiger partial charge on any atom is -0.444 e. The van der Waals surface area contributed by atoms with Crippen molar-refractivity contribution in [3.8, 4) is 0 Å². The fraction of sp³-hybridized carbons (Fsp3) is 0.385. The topological polar surface area (TPSA) is 64.4 Å². The molecule has 1 heterocycles. The van der Waals surface area contributed by atoms with E-state index in [-0.39, 0.29) is 6.54 Å². The van der Waals surface area contributed by atoms with E-state index in [4.69, 9.17) is 9.26 Å². The third-order valence-corrected chi connectivity index (χ3v) is 2.25. The molecule has 0 saturated carbocycles. The number of carbonyl (C=O) groups excluding carboxylic acids is 1. The van der Waals surface area contributed by atoms with Crippen molar-refractivity contribution in [1.29, 1.82) is 0 Å². The van der Waals surface area contributed by atoms with Gasteiger partial charge in [-0.25, -0.2) is 4.79 Å². The number of hydrogen-bond acceptors (Lipinski definition) is 4. The first-order chi connectivity index (χ1) is 8.46. The molecule has 18 heavy (non-hydrogen) atoms. The van der Waals surface area contributed by atoms with Crippen molar-refractivity contribution in [1.82, 2.24) is 10.5 Å². The molecule has 0 spiro atoms. The van der Waals surface area contributed by atoms with Crippen LogP contribution in [0.5, 0.6) is 0 Å². The molecule has 2 rings (SSSR count). The van der Waals surface area contributed by atoms with E-state index in [1.807, 2.05) is 45.0 Å². The van der Waals surface area contributed by atoms with Crippen LogP contribution in [0.15, 0.2) is 28.8 Å². The van der Waals surface area contributed by atoms with Crippen LogP contribution in [-0.4, -0.2) is 16.9 Å². The maximum Gasteiger partial charge on any atom is 0.407 e. The van der Waals surface area contributed by atoms with Crippen molar-refractivity contribution in [3.63, 3.8) is 0 Å². The lowest BCUT2D eigenvalue weighted by Crippen LogP contribution is -2.32. The predicted octanol–water partition coefficient (Wildman–Crippen LogP) is 2.85. The fourth-order valence-electron chi connectivity index (χ4n) is 1.54. The molecule has 0 aliphatic heterocycles. The van der Waals surface area contributed by atoms with Crippen LogP contribution in [0.3, 0.4) is 0 Å². The van der Waals surface area contributed by atoms with Gasteiger partial charge in [0, 0.05) is 5.39 Å². The highest BCUT2D eigenvalue weighted by atomic mass is 16.6. The summed E-state index contributed by atoms with van der Waals surface area (Å²) >= 11 is 0. The molecular formula is C13H16N2O3. The number of nitrogens with one attached hydrogen (secondary N) is 1. The molecule has 0 aliphatic carbocycles. The lowest BCUT2D eigenvalue weighted by Gasteiger charge is -2.19. The number of hydrogen-bond donors (Lipinski definition) is 1. The molecule has 5 heteroatoms. The van der Waals surface area contributed by atoms with Crippen molar-refractivity contribution >= 4 is 17.1 Å². The zero-order valence-corrected chi connectivity index (χ0v) is 10.7. The van der Waals surface area contributed by atoms with Crippen molar-refractivity contribution in [2.24, 2.45) is 0 Å². The number of carbonyl (C=O) groups is 1. The van der Waals surface area contributed by atoms with Gasteiger partial charge in [0.25, 0.3) is 0 Å². The SMILES string of the molecule is CC(C)(C)OC(=O)NCc1noc2ccccc12. The Morgan fingerprint density at radius 1 is 1.39 bits per heavy atom. The van der Waals surface area contributed by atoms with Gasteiger partial charge in [0.05, 0.1) is 6.54 Å². The molecular weight excluding hydrogens is 232 g/mol. The van der Waals surface area contributed by atoms with Gasteiger partial charge in [-0.15, -0.1) is 0 Å². The molecule has 0 fully saturated rings. The number of para-hydroxylation sites is 1. The number of amides is 1. The van der Waals surface area contributed by atoms with E-state index in [0.717, 1.165) is 5.39 Å². The number of ether oxygens (including phenoxy) is 1. The third kappa shape index (κ3) is 3.00. The third-order valence-electron chi connectivity index (χ3n) is 2.25. The molecule has 0 saturated heterocycles. The Balaban J connectivity index is 2.00. The van der Waals surface area contributed by atoms with Crippen molar-refractivity contribution in [3.05, 3.63) is 30.0 Å². The maximum atomic E-state index is 11.5. The highest BCUT2D eigenvalue weighted by Crippen LogP contribution is 2.17. The van der Waals surface area contributed by atoms with Gasteiger partial charge in [-0.3, -0.25) is 0 Å². The molecule has 0 unspecified atom stereocenters. The zero-order valence-electron chi connectivity index (χ0n) is 10.7. The van der Waals surface area contributed by atoms with Gasteiger partial charge in [0.1, 0.15) is 11.3 Å². The summed E-state index contributed by atoms with van der Waals surface area (Å²) in [6, 6.07) is 7.51. The van der Waals surface area contributed by atoms with Crippen LogP contribution in [-0.2, 0) is 11.3 Å². The van der Waals surface area contributed by atoms with Gasteiger partial charge in [0.2, 0.25) is 0 Å². The van der Waals surface area contributed by atoms with Gasteiger partial charge in [0.15, 0.2) is 5.58 Å². The number of alkyl carbamates (subject to hydrolysis) is 1. The minimum atomic E-state index is -0.504. The monoisotopic (exact) mass is 248 g/mol. The first kappa shape index (κ1) is 12.4. The van der Waals surface area contributed by atoms with E-state index in [9.17, 15) is 4.79 Å². The van der Waals surface area contributed by atoms with E-state index < -0.39 is 11.7 Å². The van der Waals surface area contributed by atoms with E-state index in [1.54, 1.807) is 0 Å².